The largest absolute Gasteiger partial charge is 0.479 e. The van der Waals surface area contributed by atoms with Gasteiger partial charge in [-0.1, -0.05) is 113 Å². The van der Waals surface area contributed by atoms with Gasteiger partial charge >= 0.3 is 0 Å². The second-order valence-electron chi connectivity index (χ2n) is 16.1. The summed E-state index contributed by atoms with van der Waals surface area (Å²) in [5.41, 5.74) is 11.8. The van der Waals surface area contributed by atoms with Crippen molar-refractivity contribution in [2.45, 2.75) is 141 Å². The second-order valence-corrected chi connectivity index (χ2v) is 16.1. The van der Waals surface area contributed by atoms with Gasteiger partial charge in [-0.05, 0) is 77.0 Å². The Balaban J connectivity index is 0. The SMILES string of the molecule is C#Cc1ccc(CCC(C)(C)C)cc1.CC(C)(C)CCC1=NCCO1.CC(C)(C)CCN=[N+]=[N-].CCC#CCCC(C)(C)C. The Morgan fingerprint density at radius 3 is 1.73 bits per heavy atom. The average Bonchev–Trinajstić information content (AvgIpc) is 3.42. The first kappa shape index (κ1) is 43.2. The molecule has 0 saturated heterocycles. The number of aryl methyl sites for hydroxylation is 1. The molecular formula is C39H66N4O. The molecule has 0 amide bonds. The van der Waals surface area contributed by atoms with Crippen molar-refractivity contribution in [2.24, 2.45) is 31.8 Å². The number of nitrogens with zero attached hydrogens (tertiary/aromatic N) is 4. The van der Waals surface area contributed by atoms with E-state index in [1.807, 2.05) is 12.1 Å². The van der Waals surface area contributed by atoms with Crippen LogP contribution in [0, 0.1) is 45.8 Å². The van der Waals surface area contributed by atoms with Crippen molar-refractivity contribution in [3.8, 4) is 24.2 Å². The Labute approximate surface area is 273 Å². The lowest BCUT2D eigenvalue weighted by Crippen LogP contribution is -2.09. The van der Waals surface area contributed by atoms with Crippen LogP contribution < -0.4 is 0 Å². The van der Waals surface area contributed by atoms with Gasteiger partial charge in [-0.2, -0.15) is 0 Å². The summed E-state index contributed by atoms with van der Waals surface area (Å²) >= 11 is 0. The van der Waals surface area contributed by atoms with E-state index in [0.29, 0.717) is 22.8 Å². The van der Waals surface area contributed by atoms with Crippen molar-refractivity contribution < 1.29 is 4.74 Å². The zero-order valence-electron chi connectivity index (χ0n) is 30.9. The normalized spacial score (nSPS) is 12.5. The summed E-state index contributed by atoms with van der Waals surface area (Å²) in [5.74, 6) is 9.80. The molecule has 0 spiro atoms. The van der Waals surface area contributed by atoms with Gasteiger partial charge in [-0.15, -0.1) is 18.3 Å². The van der Waals surface area contributed by atoms with E-state index in [2.05, 4.69) is 135 Å². The summed E-state index contributed by atoms with van der Waals surface area (Å²) in [6, 6.07) is 8.28. The highest BCUT2D eigenvalue weighted by Gasteiger charge is 2.14. The van der Waals surface area contributed by atoms with Crippen molar-refractivity contribution in [3.05, 3.63) is 45.8 Å². The van der Waals surface area contributed by atoms with E-state index in [0.717, 1.165) is 63.1 Å². The lowest BCUT2D eigenvalue weighted by Gasteiger charge is -2.17. The van der Waals surface area contributed by atoms with E-state index in [1.54, 1.807) is 0 Å². The fourth-order valence-corrected chi connectivity index (χ4v) is 3.38. The summed E-state index contributed by atoms with van der Waals surface area (Å²) in [7, 11) is 0. The van der Waals surface area contributed by atoms with E-state index >= 15 is 0 Å². The molecule has 1 aliphatic heterocycles. The molecule has 5 heteroatoms. The summed E-state index contributed by atoms with van der Waals surface area (Å²) in [5, 5.41) is 3.44. The first-order chi connectivity index (χ1) is 20.2. The first-order valence-electron chi connectivity index (χ1n) is 16.4. The van der Waals surface area contributed by atoms with Crippen molar-refractivity contribution >= 4 is 5.90 Å². The van der Waals surface area contributed by atoms with Gasteiger partial charge in [0.1, 0.15) is 6.61 Å². The van der Waals surface area contributed by atoms with Crippen LogP contribution in [0.4, 0.5) is 0 Å². The smallest absolute Gasteiger partial charge is 0.183 e. The summed E-state index contributed by atoms with van der Waals surface area (Å²) in [6.45, 7) is 31.0. The zero-order valence-corrected chi connectivity index (χ0v) is 30.9. The molecule has 0 aliphatic carbocycles. The van der Waals surface area contributed by atoms with Crippen LogP contribution in [0.25, 0.3) is 10.4 Å². The monoisotopic (exact) mass is 607 g/mol. The van der Waals surface area contributed by atoms with E-state index in [1.165, 1.54) is 18.4 Å². The summed E-state index contributed by atoms with van der Waals surface area (Å²) < 4.78 is 5.30. The number of benzene rings is 1. The molecule has 0 unspecified atom stereocenters. The molecule has 0 fully saturated rings. The topological polar surface area (TPSA) is 70.4 Å². The van der Waals surface area contributed by atoms with Gasteiger partial charge in [0.05, 0.1) is 6.54 Å². The molecule has 1 heterocycles. The minimum absolute atomic E-state index is 0.286. The Hall–Kier alpha value is -2.88. The van der Waals surface area contributed by atoms with Gasteiger partial charge in [0.25, 0.3) is 0 Å². The molecule has 0 bridgehead atoms. The molecule has 0 saturated carbocycles. The maximum absolute atomic E-state index is 7.92. The van der Waals surface area contributed by atoms with Crippen molar-refractivity contribution in [1.29, 1.82) is 0 Å². The molecule has 44 heavy (non-hydrogen) atoms. The fourth-order valence-electron chi connectivity index (χ4n) is 3.38. The standard InChI is InChI=1S/C14H18.C10H18.C9H17NO.C6H13N3/c1-5-12-6-8-13(9-7-12)10-11-14(2,3)4;1-5-6-7-8-9-10(2,3)4;1-9(2,3)5-4-8-10-6-7-11-8;1-6(2,3)4-5-8-9-7/h1,6-9H,10-11H2,2-4H3;5,8-9H2,1-4H3;4-7H2,1-3H3;4-5H2,1-3H3. The van der Waals surface area contributed by atoms with E-state index in [9.17, 15) is 0 Å². The summed E-state index contributed by atoms with van der Waals surface area (Å²) in [4.78, 5) is 6.90. The number of hydrogen-bond donors (Lipinski definition) is 0. The zero-order chi connectivity index (χ0) is 34.3. The third kappa shape index (κ3) is 33.6. The number of ether oxygens (including phenoxy) is 1. The van der Waals surface area contributed by atoms with E-state index in [4.69, 9.17) is 16.7 Å². The fraction of sp³-hybridized carbons (Fsp3) is 0.718. The number of rotatable bonds is 7. The number of azide groups is 1. The maximum atomic E-state index is 7.92. The lowest BCUT2D eigenvalue weighted by atomic mass is 9.88. The highest BCUT2D eigenvalue weighted by molar-refractivity contribution is 5.77. The minimum Gasteiger partial charge on any atom is -0.479 e. The molecular weight excluding hydrogens is 540 g/mol. The van der Waals surface area contributed by atoms with Crippen molar-refractivity contribution in [1.82, 2.24) is 0 Å². The molecule has 2 rings (SSSR count). The lowest BCUT2D eigenvalue weighted by molar-refractivity contribution is 0.319. The average molecular weight is 607 g/mol. The van der Waals surface area contributed by atoms with Gasteiger partial charge in [0.2, 0.25) is 0 Å². The van der Waals surface area contributed by atoms with Crippen LogP contribution >= 0.6 is 0 Å². The Kier molecular flexibility index (Phi) is 22.2. The van der Waals surface area contributed by atoms with Gasteiger partial charge in [0, 0.05) is 36.3 Å². The van der Waals surface area contributed by atoms with Gasteiger partial charge in [-0.25, -0.2) is 0 Å². The van der Waals surface area contributed by atoms with Crippen molar-refractivity contribution in [2.75, 3.05) is 19.7 Å². The second kappa shape index (κ2) is 22.6. The predicted octanol–water partition coefficient (Wildman–Crippen LogP) is 11.8. The van der Waals surface area contributed by atoms with Crippen LogP contribution in [0.3, 0.4) is 0 Å². The molecule has 0 aromatic heterocycles. The van der Waals surface area contributed by atoms with Crippen LogP contribution in [0.2, 0.25) is 0 Å². The van der Waals surface area contributed by atoms with E-state index in [-0.39, 0.29) is 5.41 Å². The molecule has 5 nitrogen and oxygen atoms in total. The van der Waals surface area contributed by atoms with Crippen LogP contribution in [0.5, 0.6) is 0 Å². The number of hydrogen-bond acceptors (Lipinski definition) is 3. The Bertz CT molecular complexity index is 1060. The van der Waals surface area contributed by atoms with Crippen LogP contribution in [0.1, 0.15) is 146 Å². The van der Waals surface area contributed by atoms with Gasteiger partial charge in [-0.3, -0.25) is 4.99 Å². The molecule has 248 valence electrons. The molecule has 0 radical (unpaired) electrons. The molecule has 1 aromatic carbocycles. The van der Waals surface area contributed by atoms with Gasteiger partial charge < -0.3 is 4.74 Å². The Morgan fingerprint density at radius 2 is 1.32 bits per heavy atom. The number of aliphatic imine (C=N–C) groups is 1. The maximum Gasteiger partial charge on any atom is 0.183 e. The quantitative estimate of drug-likeness (QED) is 0.132. The Morgan fingerprint density at radius 1 is 0.795 bits per heavy atom. The highest BCUT2D eigenvalue weighted by atomic mass is 16.5. The predicted molar refractivity (Wildman–Crippen MR) is 194 cm³/mol. The molecule has 1 aromatic rings. The third-order valence-electron chi connectivity index (χ3n) is 6.35. The number of terminal acetylenes is 1. The first-order valence-corrected chi connectivity index (χ1v) is 16.4. The van der Waals surface area contributed by atoms with Crippen molar-refractivity contribution in [3.63, 3.8) is 0 Å². The van der Waals surface area contributed by atoms with Crippen LogP contribution in [-0.2, 0) is 11.2 Å². The molecule has 0 atom stereocenters. The highest BCUT2D eigenvalue weighted by Crippen LogP contribution is 2.23. The molecule has 1 aliphatic rings. The van der Waals surface area contributed by atoms with E-state index < -0.39 is 0 Å². The molecule has 0 N–H and O–H groups in total. The third-order valence-corrected chi connectivity index (χ3v) is 6.35. The summed E-state index contributed by atoms with van der Waals surface area (Å²) in [6.07, 6.45) is 14.0. The minimum atomic E-state index is 0.286. The van der Waals surface area contributed by atoms with Gasteiger partial charge in [0.15, 0.2) is 5.90 Å². The van der Waals surface area contributed by atoms with Crippen LogP contribution in [0.15, 0.2) is 34.4 Å². The van der Waals surface area contributed by atoms with Crippen LogP contribution in [-0.4, -0.2) is 25.6 Å².